The number of hydrogen-bond acceptors (Lipinski definition) is 3. The van der Waals surface area contributed by atoms with Gasteiger partial charge in [-0.3, -0.25) is 0 Å². The highest BCUT2D eigenvalue weighted by molar-refractivity contribution is 5.45. The lowest BCUT2D eigenvalue weighted by Crippen LogP contribution is -2.06. The minimum atomic E-state index is 0.822. The zero-order valence-corrected chi connectivity index (χ0v) is 6.86. The van der Waals surface area contributed by atoms with Crippen molar-refractivity contribution in [1.82, 2.24) is 19.9 Å². The second-order valence-corrected chi connectivity index (χ2v) is 2.59. The third kappa shape index (κ3) is 1.06. The third-order valence-corrected chi connectivity index (χ3v) is 1.75. The normalized spacial score (nSPS) is 10.8. The number of nitrogens with zero attached hydrogens (tertiary/aromatic N) is 3. The molecule has 0 aliphatic rings. The maximum atomic E-state index is 4.15. The molecule has 0 saturated carbocycles. The van der Waals surface area contributed by atoms with E-state index in [1.54, 1.807) is 10.8 Å². The van der Waals surface area contributed by atoms with Gasteiger partial charge >= 0.3 is 0 Å². The Morgan fingerprint density at radius 2 is 2.50 bits per heavy atom. The molecule has 0 aliphatic heterocycles. The van der Waals surface area contributed by atoms with Crippen LogP contribution in [0.1, 0.15) is 5.56 Å². The SMILES string of the molecule is CNCc1cccn2ncnc12. The van der Waals surface area contributed by atoms with Crippen molar-refractivity contribution in [2.75, 3.05) is 7.05 Å². The first-order valence-electron chi connectivity index (χ1n) is 3.83. The summed E-state index contributed by atoms with van der Waals surface area (Å²) in [6.45, 7) is 0.822. The average molecular weight is 162 g/mol. The maximum Gasteiger partial charge on any atom is 0.159 e. The van der Waals surface area contributed by atoms with Crippen LogP contribution in [0, 0.1) is 0 Å². The summed E-state index contributed by atoms with van der Waals surface area (Å²) < 4.78 is 1.77. The van der Waals surface area contributed by atoms with E-state index in [1.807, 2.05) is 25.4 Å². The van der Waals surface area contributed by atoms with Crippen molar-refractivity contribution >= 4 is 5.65 Å². The molecule has 2 aromatic rings. The number of aromatic nitrogens is 3. The molecule has 0 saturated heterocycles. The highest BCUT2D eigenvalue weighted by atomic mass is 15.3. The molecule has 0 bridgehead atoms. The van der Waals surface area contributed by atoms with Crippen LogP contribution >= 0.6 is 0 Å². The molecular weight excluding hydrogens is 152 g/mol. The van der Waals surface area contributed by atoms with Gasteiger partial charge in [-0.25, -0.2) is 9.50 Å². The number of hydrogen-bond donors (Lipinski definition) is 1. The van der Waals surface area contributed by atoms with E-state index in [2.05, 4.69) is 15.4 Å². The van der Waals surface area contributed by atoms with Gasteiger partial charge < -0.3 is 5.32 Å². The molecule has 0 atom stereocenters. The van der Waals surface area contributed by atoms with E-state index in [-0.39, 0.29) is 0 Å². The second kappa shape index (κ2) is 2.91. The Balaban J connectivity index is 2.57. The summed E-state index contributed by atoms with van der Waals surface area (Å²) in [7, 11) is 1.92. The smallest absolute Gasteiger partial charge is 0.159 e. The molecule has 2 rings (SSSR count). The Kier molecular flexibility index (Phi) is 1.75. The van der Waals surface area contributed by atoms with Crippen molar-refractivity contribution in [3.05, 3.63) is 30.2 Å². The quantitative estimate of drug-likeness (QED) is 0.697. The fraction of sp³-hybridized carbons (Fsp3) is 0.250. The van der Waals surface area contributed by atoms with Crippen LogP contribution in [0.5, 0.6) is 0 Å². The van der Waals surface area contributed by atoms with Crippen molar-refractivity contribution in [3.8, 4) is 0 Å². The molecule has 2 heterocycles. The van der Waals surface area contributed by atoms with E-state index in [0.717, 1.165) is 17.8 Å². The van der Waals surface area contributed by atoms with Gasteiger partial charge in [-0.05, 0) is 13.1 Å². The molecule has 0 amide bonds. The third-order valence-electron chi connectivity index (χ3n) is 1.75. The van der Waals surface area contributed by atoms with Crippen molar-refractivity contribution in [1.29, 1.82) is 0 Å². The fourth-order valence-corrected chi connectivity index (χ4v) is 1.23. The summed E-state index contributed by atoms with van der Waals surface area (Å²) in [6.07, 6.45) is 3.45. The van der Waals surface area contributed by atoms with Gasteiger partial charge in [-0.15, -0.1) is 0 Å². The van der Waals surface area contributed by atoms with Crippen LogP contribution in [-0.4, -0.2) is 21.6 Å². The van der Waals surface area contributed by atoms with E-state index < -0.39 is 0 Å². The standard InChI is InChI=1S/C8H10N4/c1-9-5-7-3-2-4-12-8(7)10-6-11-12/h2-4,6,9H,5H2,1H3. The van der Waals surface area contributed by atoms with Crippen molar-refractivity contribution in [2.45, 2.75) is 6.54 Å². The summed E-state index contributed by atoms with van der Waals surface area (Å²) in [5, 5.41) is 7.12. The second-order valence-electron chi connectivity index (χ2n) is 2.59. The highest BCUT2D eigenvalue weighted by Crippen LogP contribution is 2.05. The van der Waals surface area contributed by atoms with Crippen LogP contribution < -0.4 is 5.32 Å². The van der Waals surface area contributed by atoms with Gasteiger partial charge in [-0.2, -0.15) is 5.10 Å². The van der Waals surface area contributed by atoms with Crippen LogP contribution in [0.15, 0.2) is 24.7 Å². The van der Waals surface area contributed by atoms with Gasteiger partial charge in [-0.1, -0.05) is 6.07 Å². The van der Waals surface area contributed by atoms with Gasteiger partial charge in [0.1, 0.15) is 6.33 Å². The molecular formula is C8H10N4. The zero-order valence-electron chi connectivity index (χ0n) is 6.86. The number of nitrogens with one attached hydrogen (secondary N) is 1. The van der Waals surface area contributed by atoms with E-state index in [4.69, 9.17) is 0 Å². The van der Waals surface area contributed by atoms with Crippen LogP contribution in [-0.2, 0) is 6.54 Å². The molecule has 0 unspecified atom stereocenters. The van der Waals surface area contributed by atoms with Gasteiger partial charge in [0.2, 0.25) is 0 Å². The number of rotatable bonds is 2. The molecule has 62 valence electrons. The Hall–Kier alpha value is -1.42. The average Bonchev–Trinajstić information content (AvgIpc) is 2.53. The molecule has 4 nitrogen and oxygen atoms in total. The van der Waals surface area contributed by atoms with Crippen molar-refractivity contribution in [3.63, 3.8) is 0 Å². The monoisotopic (exact) mass is 162 g/mol. The predicted octanol–water partition coefficient (Wildman–Crippen LogP) is 0.449. The van der Waals surface area contributed by atoms with Crippen LogP contribution in [0.4, 0.5) is 0 Å². The van der Waals surface area contributed by atoms with Crippen molar-refractivity contribution < 1.29 is 0 Å². The van der Waals surface area contributed by atoms with E-state index in [1.165, 1.54) is 0 Å². The summed E-state index contributed by atoms with van der Waals surface area (Å²) in [6, 6.07) is 4.01. The minimum Gasteiger partial charge on any atom is -0.316 e. The number of fused-ring (bicyclic) bond motifs is 1. The first kappa shape index (κ1) is 7.24. The summed E-state index contributed by atoms with van der Waals surface area (Å²) >= 11 is 0. The first-order valence-corrected chi connectivity index (χ1v) is 3.83. The number of pyridine rings is 1. The molecule has 12 heavy (non-hydrogen) atoms. The molecule has 4 heteroatoms. The van der Waals surface area contributed by atoms with Crippen molar-refractivity contribution in [2.24, 2.45) is 0 Å². The molecule has 0 spiro atoms. The van der Waals surface area contributed by atoms with Gasteiger partial charge in [0.25, 0.3) is 0 Å². The van der Waals surface area contributed by atoms with Gasteiger partial charge in [0.15, 0.2) is 5.65 Å². The summed E-state index contributed by atoms with van der Waals surface area (Å²) in [4.78, 5) is 4.15. The molecule has 0 fully saturated rings. The lowest BCUT2D eigenvalue weighted by Gasteiger charge is -1.99. The lowest BCUT2D eigenvalue weighted by molar-refractivity contribution is 0.812. The van der Waals surface area contributed by atoms with E-state index >= 15 is 0 Å². The summed E-state index contributed by atoms with van der Waals surface area (Å²) in [5.74, 6) is 0. The molecule has 0 aromatic carbocycles. The van der Waals surface area contributed by atoms with Crippen LogP contribution in [0.3, 0.4) is 0 Å². The lowest BCUT2D eigenvalue weighted by atomic mass is 10.3. The van der Waals surface area contributed by atoms with Gasteiger partial charge in [0.05, 0.1) is 0 Å². The topological polar surface area (TPSA) is 42.2 Å². The maximum absolute atomic E-state index is 4.15. The van der Waals surface area contributed by atoms with Crippen LogP contribution in [0.25, 0.3) is 5.65 Å². The highest BCUT2D eigenvalue weighted by Gasteiger charge is 1.99. The minimum absolute atomic E-state index is 0.822. The van der Waals surface area contributed by atoms with E-state index in [9.17, 15) is 0 Å². The molecule has 0 aliphatic carbocycles. The Bertz CT molecular complexity index is 379. The molecule has 1 N–H and O–H groups in total. The first-order chi connectivity index (χ1) is 5.92. The van der Waals surface area contributed by atoms with Crippen LogP contribution in [0.2, 0.25) is 0 Å². The largest absolute Gasteiger partial charge is 0.316 e. The van der Waals surface area contributed by atoms with Gasteiger partial charge in [0, 0.05) is 18.3 Å². The van der Waals surface area contributed by atoms with E-state index in [0.29, 0.717) is 0 Å². The molecule has 2 aromatic heterocycles. The Labute approximate surface area is 70.2 Å². The summed E-state index contributed by atoms with van der Waals surface area (Å²) in [5.41, 5.74) is 2.09. The Morgan fingerprint density at radius 3 is 3.33 bits per heavy atom. The fourth-order valence-electron chi connectivity index (χ4n) is 1.23. The Morgan fingerprint density at radius 1 is 1.58 bits per heavy atom. The predicted molar refractivity (Wildman–Crippen MR) is 45.8 cm³/mol. The zero-order chi connectivity index (χ0) is 8.39. The molecule has 0 radical (unpaired) electrons.